The minimum absolute atomic E-state index is 0.305. The Kier molecular flexibility index (Phi) is 6.03. The Labute approximate surface area is 183 Å². The molecule has 0 radical (unpaired) electrons. The molecule has 0 fully saturated rings. The fourth-order valence-corrected chi connectivity index (χ4v) is 3.67. The normalized spacial score (nSPS) is 12.3. The molecule has 2 aromatic carbocycles. The van der Waals surface area contributed by atoms with Crippen LogP contribution >= 0.6 is 0 Å². The molecule has 0 bridgehead atoms. The molecule has 0 amide bonds. The number of hydrogen-bond donors (Lipinski definition) is 3. The maximum absolute atomic E-state index is 13.5. The van der Waals surface area contributed by atoms with Crippen LogP contribution < -0.4 is 10.0 Å². The largest absolute Gasteiger partial charge is 0.347 e. The fraction of sp³-hybridized carbons (Fsp3) is 0.150. The van der Waals surface area contributed by atoms with E-state index in [1.54, 1.807) is 42.7 Å². The molecule has 0 saturated carbocycles. The number of aromatic amines is 1. The maximum atomic E-state index is 13.5. The number of rotatable bonds is 8. The van der Waals surface area contributed by atoms with Crippen LogP contribution in [0, 0.1) is 5.82 Å². The summed E-state index contributed by atoms with van der Waals surface area (Å²) in [5.41, 5.74) is 2.74. The highest BCUT2D eigenvalue weighted by atomic mass is 32.2. The predicted octanol–water partition coefficient (Wildman–Crippen LogP) is 2.56. The number of anilines is 2. The lowest BCUT2D eigenvalue weighted by molar-refractivity contribution is 0.607. The van der Waals surface area contributed by atoms with Gasteiger partial charge in [0.25, 0.3) is 0 Å². The summed E-state index contributed by atoms with van der Waals surface area (Å²) in [4.78, 5) is 8.63. The fourth-order valence-electron chi connectivity index (χ4n) is 3.12. The van der Waals surface area contributed by atoms with Crippen LogP contribution in [-0.2, 0) is 16.4 Å². The molecule has 2 aromatic heterocycles. The predicted molar refractivity (Wildman–Crippen MR) is 117 cm³/mol. The molecule has 32 heavy (non-hydrogen) atoms. The van der Waals surface area contributed by atoms with Crippen molar-refractivity contribution in [1.82, 2.24) is 30.6 Å². The topological polar surface area (TPSA) is 138 Å². The minimum atomic E-state index is -3.39. The SMILES string of the molecule is CS(=O)(=O)Nc1cccc(CC(Nc2ncc(-c3nn[nH]n3)cn2)c2ccc(F)cc2)c1. The second-order valence-electron chi connectivity index (χ2n) is 7.06. The highest BCUT2D eigenvalue weighted by Crippen LogP contribution is 2.24. The zero-order valence-corrected chi connectivity index (χ0v) is 17.7. The Morgan fingerprint density at radius 1 is 1.09 bits per heavy atom. The summed E-state index contributed by atoms with van der Waals surface area (Å²) in [6.45, 7) is 0. The molecule has 4 aromatic rings. The highest BCUT2D eigenvalue weighted by molar-refractivity contribution is 7.92. The summed E-state index contributed by atoms with van der Waals surface area (Å²) < 4.78 is 39.0. The number of hydrogen-bond acceptors (Lipinski definition) is 8. The van der Waals surface area contributed by atoms with Gasteiger partial charge in [-0.2, -0.15) is 5.21 Å². The van der Waals surface area contributed by atoms with Gasteiger partial charge >= 0.3 is 0 Å². The second-order valence-corrected chi connectivity index (χ2v) is 8.81. The summed E-state index contributed by atoms with van der Waals surface area (Å²) in [6.07, 6.45) is 4.70. The molecule has 0 aliphatic carbocycles. The molecule has 10 nitrogen and oxygen atoms in total. The van der Waals surface area contributed by atoms with E-state index >= 15 is 0 Å². The van der Waals surface area contributed by atoms with Gasteiger partial charge in [-0.15, -0.1) is 10.2 Å². The molecule has 12 heteroatoms. The highest BCUT2D eigenvalue weighted by Gasteiger charge is 2.15. The second kappa shape index (κ2) is 9.06. The van der Waals surface area contributed by atoms with Crippen LogP contribution in [0.4, 0.5) is 16.0 Å². The Morgan fingerprint density at radius 2 is 1.84 bits per heavy atom. The molecule has 1 atom stereocenters. The van der Waals surface area contributed by atoms with E-state index in [9.17, 15) is 12.8 Å². The van der Waals surface area contributed by atoms with Crippen LogP contribution in [-0.4, -0.2) is 45.3 Å². The molecule has 0 aliphatic rings. The van der Waals surface area contributed by atoms with Crippen molar-refractivity contribution in [2.45, 2.75) is 12.5 Å². The van der Waals surface area contributed by atoms with E-state index in [4.69, 9.17) is 0 Å². The molecule has 4 rings (SSSR count). The van der Waals surface area contributed by atoms with Gasteiger partial charge in [0.05, 0.1) is 17.9 Å². The van der Waals surface area contributed by atoms with Crippen LogP contribution in [0.3, 0.4) is 0 Å². The molecule has 0 saturated heterocycles. The van der Waals surface area contributed by atoms with Gasteiger partial charge in [-0.1, -0.05) is 24.3 Å². The summed E-state index contributed by atoms with van der Waals surface area (Å²) in [7, 11) is -3.39. The third-order valence-corrected chi connectivity index (χ3v) is 5.11. The first-order chi connectivity index (χ1) is 15.4. The van der Waals surface area contributed by atoms with E-state index in [0.717, 1.165) is 17.4 Å². The maximum Gasteiger partial charge on any atom is 0.229 e. The Bertz CT molecular complexity index is 1280. The van der Waals surface area contributed by atoms with E-state index in [0.29, 0.717) is 29.4 Å². The lowest BCUT2D eigenvalue weighted by Crippen LogP contribution is -2.16. The van der Waals surface area contributed by atoms with Gasteiger partial charge in [0.15, 0.2) is 0 Å². The summed E-state index contributed by atoms with van der Waals surface area (Å²) >= 11 is 0. The Hall–Kier alpha value is -3.93. The summed E-state index contributed by atoms with van der Waals surface area (Å²) in [5, 5.41) is 16.9. The van der Waals surface area contributed by atoms with Gasteiger partial charge in [-0.3, -0.25) is 4.72 Å². The quantitative estimate of drug-likeness (QED) is 0.369. The van der Waals surface area contributed by atoms with Gasteiger partial charge in [0.2, 0.25) is 21.8 Å². The number of H-pyrrole nitrogens is 1. The van der Waals surface area contributed by atoms with E-state index in [1.165, 1.54) is 12.1 Å². The van der Waals surface area contributed by atoms with Crippen molar-refractivity contribution >= 4 is 21.7 Å². The zero-order valence-electron chi connectivity index (χ0n) is 16.9. The van der Waals surface area contributed by atoms with Crippen molar-refractivity contribution < 1.29 is 12.8 Å². The van der Waals surface area contributed by atoms with E-state index in [-0.39, 0.29) is 11.9 Å². The van der Waals surface area contributed by atoms with Crippen LogP contribution in [0.15, 0.2) is 60.9 Å². The number of tetrazole rings is 1. The van der Waals surface area contributed by atoms with Crippen LogP contribution in [0.25, 0.3) is 11.4 Å². The molecule has 0 spiro atoms. The first-order valence-electron chi connectivity index (χ1n) is 9.50. The number of benzene rings is 2. The van der Waals surface area contributed by atoms with Crippen molar-refractivity contribution in [2.24, 2.45) is 0 Å². The molecule has 164 valence electrons. The van der Waals surface area contributed by atoms with Crippen molar-refractivity contribution in [1.29, 1.82) is 0 Å². The number of sulfonamides is 1. The van der Waals surface area contributed by atoms with Crippen molar-refractivity contribution in [3.63, 3.8) is 0 Å². The smallest absolute Gasteiger partial charge is 0.229 e. The molecule has 2 heterocycles. The Morgan fingerprint density at radius 3 is 2.50 bits per heavy atom. The van der Waals surface area contributed by atoms with Gasteiger partial charge in [-0.05, 0) is 47.0 Å². The standard InChI is InChI=1S/C20H19FN8O2S/c1-32(30,31)27-17-4-2-3-13(9-17)10-18(14-5-7-16(21)8-6-14)24-20-22-11-15(12-23-20)19-25-28-29-26-19/h2-9,11-12,18,27H,10H2,1H3,(H,22,23,24)(H,25,26,28,29). The number of nitrogens with one attached hydrogen (secondary N) is 3. The number of halogens is 1. The Balaban J connectivity index is 1.58. The lowest BCUT2D eigenvalue weighted by atomic mass is 9.98. The molecule has 3 N–H and O–H groups in total. The number of nitrogens with zero attached hydrogens (tertiary/aromatic N) is 5. The molecular weight excluding hydrogens is 435 g/mol. The molecular formula is C20H19FN8O2S. The first kappa shape index (κ1) is 21.3. The van der Waals surface area contributed by atoms with Crippen LogP contribution in [0.5, 0.6) is 0 Å². The van der Waals surface area contributed by atoms with Gasteiger partial charge < -0.3 is 5.32 Å². The molecule has 0 aliphatic heterocycles. The third kappa shape index (κ3) is 5.60. The average molecular weight is 454 g/mol. The summed E-state index contributed by atoms with van der Waals surface area (Å²) in [6, 6.07) is 12.9. The minimum Gasteiger partial charge on any atom is -0.347 e. The molecule has 1 unspecified atom stereocenters. The van der Waals surface area contributed by atoms with Gasteiger partial charge in [0.1, 0.15) is 5.82 Å². The third-order valence-electron chi connectivity index (χ3n) is 4.50. The van der Waals surface area contributed by atoms with Crippen molar-refractivity contribution in [3.05, 3.63) is 77.9 Å². The van der Waals surface area contributed by atoms with E-state index in [2.05, 4.69) is 40.6 Å². The van der Waals surface area contributed by atoms with Crippen LogP contribution in [0.1, 0.15) is 17.2 Å². The van der Waals surface area contributed by atoms with Crippen LogP contribution in [0.2, 0.25) is 0 Å². The van der Waals surface area contributed by atoms with Gasteiger partial charge in [-0.25, -0.2) is 22.8 Å². The average Bonchev–Trinajstić information content (AvgIpc) is 3.28. The van der Waals surface area contributed by atoms with E-state index < -0.39 is 10.0 Å². The van der Waals surface area contributed by atoms with E-state index in [1.807, 2.05) is 6.07 Å². The summed E-state index contributed by atoms with van der Waals surface area (Å²) in [5.74, 6) is 0.395. The van der Waals surface area contributed by atoms with Crippen molar-refractivity contribution in [3.8, 4) is 11.4 Å². The lowest BCUT2D eigenvalue weighted by Gasteiger charge is -2.20. The monoisotopic (exact) mass is 454 g/mol. The zero-order chi connectivity index (χ0) is 22.6. The van der Waals surface area contributed by atoms with Gasteiger partial charge in [0, 0.05) is 18.1 Å². The number of aromatic nitrogens is 6. The first-order valence-corrected chi connectivity index (χ1v) is 11.4. The van der Waals surface area contributed by atoms with Crippen molar-refractivity contribution in [2.75, 3.05) is 16.3 Å².